The fourth-order valence-corrected chi connectivity index (χ4v) is 3.55. The van der Waals surface area contributed by atoms with Crippen molar-refractivity contribution in [3.05, 3.63) is 78.1 Å². The van der Waals surface area contributed by atoms with Crippen molar-refractivity contribution in [1.29, 1.82) is 0 Å². The van der Waals surface area contributed by atoms with Crippen LogP contribution in [0.3, 0.4) is 0 Å². The zero-order valence-electron chi connectivity index (χ0n) is 15.7. The van der Waals surface area contributed by atoms with Crippen LogP contribution in [0.2, 0.25) is 0 Å². The minimum atomic E-state index is -0.306. The zero-order chi connectivity index (χ0) is 19.2. The van der Waals surface area contributed by atoms with Gasteiger partial charge in [-0.05, 0) is 55.0 Å². The average Bonchev–Trinajstić information content (AvgIpc) is 2.76. The molecule has 0 atom stereocenters. The molecule has 3 heterocycles. The zero-order valence-corrected chi connectivity index (χ0v) is 15.7. The second kappa shape index (κ2) is 8.61. The highest BCUT2D eigenvalue weighted by atomic mass is 16.2. The molecule has 0 aliphatic carbocycles. The Bertz CT molecular complexity index is 891. The second-order valence-corrected chi connectivity index (χ2v) is 7.07. The fraction of sp³-hybridized carbons (Fsp3) is 0.273. The number of hydrogen-bond donors (Lipinski definition) is 1. The van der Waals surface area contributed by atoms with E-state index >= 15 is 0 Å². The third-order valence-corrected chi connectivity index (χ3v) is 5.10. The SMILES string of the molecule is O=C(Nc1ccccn1)c1ccc(N2CCC(Cc3ccccc3)CC2)nn1. The number of rotatable bonds is 5. The fourth-order valence-electron chi connectivity index (χ4n) is 3.55. The van der Waals surface area contributed by atoms with Gasteiger partial charge < -0.3 is 10.2 Å². The maximum atomic E-state index is 12.3. The van der Waals surface area contributed by atoms with Crippen molar-refractivity contribution in [1.82, 2.24) is 15.2 Å². The van der Waals surface area contributed by atoms with Gasteiger partial charge in [0.2, 0.25) is 0 Å². The summed E-state index contributed by atoms with van der Waals surface area (Å²) in [6.07, 6.45) is 5.04. The maximum Gasteiger partial charge on any atom is 0.277 e. The maximum absolute atomic E-state index is 12.3. The van der Waals surface area contributed by atoms with Gasteiger partial charge in [-0.1, -0.05) is 36.4 Å². The quantitative estimate of drug-likeness (QED) is 0.740. The van der Waals surface area contributed by atoms with Crippen molar-refractivity contribution in [2.24, 2.45) is 5.92 Å². The lowest BCUT2D eigenvalue weighted by Gasteiger charge is -2.32. The van der Waals surface area contributed by atoms with Crippen molar-refractivity contribution >= 4 is 17.5 Å². The van der Waals surface area contributed by atoms with Crippen molar-refractivity contribution in [3.8, 4) is 0 Å². The molecular formula is C22H23N5O. The van der Waals surface area contributed by atoms with Crippen LogP contribution < -0.4 is 10.2 Å². The van der Waals surface area contributed by atoms with Crippen LogP contribution in [0.1, 0.15) is 28.9 Å². The molecule has 1 aliphatic heterocycles. The van der Waals surface area contributed by atoms with E-state index in [1.807, 2.05) is 12.1 Å². The minimum absolute atomic E-state index is 0.286. The first-order chi connectivity index (χ1) is 13.8. The third-order valence-electron chi connectivity index (χ3n) is 5.10. The highest BCUT2D eigenvalue weighted by Crippen LogP contribution is 2.24. The van der Waals surface area contributed by atoms with E-state index in [0.717, 1.165) is 38.2 Å². The summed E-state index contributed by atoms with van der Waals surface area (Å²) in [5, 5.41) is 11.1. The molecule has 6 nitrogen and oxygen atoms in total. The van der Waals surface area contributed by atoms with E-state index in [0.29, 0.717) is 11.7 Å². The Morgan fingerprint density at radius 3 is 2.43 bits per heavy atom. The molecule has 1 aliphatic rings. The van der Waals surface area contributed by atoms with Crippen molar-refractivity contribution < 1.29 is 4.79 Å². The Balaban J connectivity index is 1.31. The number of nitrogens with zero attached hydrogens (tertiary/aromatic N) is 4. The first kappa shape index (κ1) is 18.1. The Hall–Kier alpha value is -3.28. The summed E-state index contributed by atoms with van der Waals surface area (Å²) in [6, 6.07) is 19.6. The number of nitrogens with one attached hydrogen (secondary N) is 1. The van der Waals surface area contributed by atoms with Crippen LogP contribution in [0.15, 0.2) is 66.9 Å². The first-order valence-electron chi connectivity index (χ1n) is 9.63. The first-order valence-corrected chi connectivity index (χ1v) is 9.63. The third kappa shape index (κ3) is 4.52. The van der Waals surface area contributed by atoms with E-state index in [4.69, 9.17) is 0 Å². The molecule has 1 N–H and O–H groups in total. The normalized spacial score (nSPS) is 14.6. The number of hydrogen-bond acceptors (Lipinski definition) is 5. The molecule has 28 heavy (non-hydrogen) atoms. The molecular weight excluding hydrogens is 350 g/mol. The monoisotopic (exact) mass is 373 g/mol. The Kier molecular flexibility index (Phi) is 5.56. The van der Waals surface area contributed by atoms with E-state index in [2.05, 4.69) is 55.7 Å². The topological polar surface area (TPSA) is 71.0 Å². The van der Waals surface area contributed by atoms with Crippen molar-refractivity contribution in [3.63, 3.8) is 0 Å². The molecule has 0 radical (unpaired) electrons. The van der Waals surface area contributed by atoms with E-state index in [9.17, 15) is 4.79 Å². The number of pyridine rings is 1. The van der Waals surface area contributed by atoms with Crippen LogP contribution in [-0.4, -0.2) is 34.2 Å². The van der Waals surface area contributed by atoms with Crippen LogP contribution in [-0.2, 0) is 6.42 Å². The van der Waals surface area contributed by atoms with Gasteiger partial charge in [-0.25, -0.2) is 4.98 Å². The van der Waals surface area contributed by atoms with Gasteiger partial charge in [-0.2, -0.15) is 0 Å². The smallest absolute Gasteiger partial charge is 0.277 e. The summed E-state index contributed by atoms with van der Waals surface area (Å²) in [5.41, 5.74) is 1.69. The highest BCUT2D eigenvalue weighted by molar-refractivity contribution is 6.02. The molecule has 1 amide bonds. The predicted octanol–water partition coefficient (Wildman–Crippen LogP) is 3.58. The van der Waals surface area contributed by atoms with Crippen LogP contribution in [0, 0.1) is 5.92 Å². The molecule has 6 heteroatoms. The standard InChI is InChI=1S/C22H23N5O/c28-22(24-20-8-4-5-13-23-20)19-9-10-21(26-25-19)27-14-11-18(12-15-27)16-17-6-2-1-3-7-17/h1-10,13,18H,11-12,14-16H2,(H,23,24,28). The number of anilines is 2. The van der Waals surface area contributed by atoms with Gasteiger partial charge in [-0.15, -0.1) is 10.2 Å². The molecule has 0 saturated carbocycles. The molecule has 0 bridgehead atoms. The van der Waals surface area contributed by atoms with Gasteiger partial charge >= 0.3 is 0 Å². The van der Waals surface area contributed by atoms with Gasteiger partial charge in [-0.3, -0.25) is 4.79 Å². The second-order valence-electron chi connectivity index (χ2n) is 7.07. The summed E-state index contributed by atoms with van der Waals surface area (Å²) in [6.45, 7) is 1.93. The Morgan fingerprint density at radius 1 is 0.964 bits per heavy atom. The van der Waals surface area contributed by atoms with E-state index in [-0.39, 0.29) is 11.6 Å². The lowest BCUT2D eigenvalue weighted by molar-refractivity contribution is 0.102. The van der Waals surface area contributed by atoms with E-state index in [1.54, 1.807) is 24.4 Å². The number of carbonyl (C=O) groups excluding carboxylic acids is 1. The van der Waals surface area contributed by atoms with Gasteiger partial charge in [0.15, 0.2) is 11.5 Å². The number of carbonyl (C=O) groups is 1. The minimum Gasteiger partial charge on any atom is -0.355 e. The molecule has 3 aromatic rings. The average molecular weight is 373 g/mol. The number of piperidine rings is 1. The summed E-state index contributed by atoms with van der Waals surface area (Å²) in [7, 11) is 0. The Labute approximate surface area is 164 Å². The van der Waals surface area contributed by atoms with Crippen LogP contribution in [0.5, 0.6) is 0 Å². The summed E-state index contributed by atoms with van der Waals surface area (Å²) >= 11 is 0. The van der Waals surface area contributed by atoms with Crippen LogP contribution in [0.25, 0.3) is 0 Å². The summed E-state index contributed by atoms with van der Waals surface area (Å²) < 4.78 is 0. The number of amides is 1. The van der Waals surface area contributed by atoms with Crippen molar-refractivity contribution in [2.75, 3.05) is 23.3 Å². The van der Waals surface area contributed by atoms with Gasteiger partial charge in [0, 0.05) is 19.3 Å². The number of benzene rings is 1. The lowest BCUT2D eigenvalue weighted by atomic mass is 9.90. The van der Waals surface area contributed by atoms with E-state index < -0.39 is 0 Å². The van der Waals surface area contributed by atoms with Crippen molar-refractivity contribution in [2.45, 2.75) is 19.3 Å². The molecule has 1 aromatic carbocycles. The molecule has 0 unspecified atom stereocenters. The Morgan fingerprint density at radius 2 is 1.75 bits per heavy atom. The van der Waals surface area contributed by atoms with Gasteiger partial charge in [0.25, 0.3) is 5.91 Å². The van der Waals surface area contributed by atoms with Gasteiger partial charge in [0.05, 0.1) is 0 Å². The molecule has 1 fully saturated rings. The van der Waals surface area contributed by atoms with Gasteiger partial charge in [0.1, 0.15) is 5.82 Å². The highest BCUT2D eigenvalue weighted by Gasteiger charge is 2.21. The van der Waals surface area contributed by atoms with E-state index in [1.165, 1.54) is 5.56 Å². The largest absolute Gasteiger partial charge is 0.355 e. The number of aromatic nitrogens is 3. The van der Waals surface area contributed by atoms with Crippen LogP contribution in [0.4, 0.5) is 11.6 Å². The molecule has 4 rings (SSSR count). The molecule has 2 aromatic heterocycles. The summed E-state index contributed by atoms with van der Waals surface area (Å²) in [4.78, 5) is 18.6. The molecule has 1 saturated heterocycles. The lowest BCUT2D eigenvalue weighted by Crippen LogP contribution is -2.35. The molecule has 0 spiro atoms. The predicted molar refractivity (Wildman–Crippen MR) is 109 cm³/mol. The van der Waals surface area contributed by atoms with Crippen LogP contribution >= 0.6 is 0 Å². The molecule has 142 valence electrons. The summed E-state index contributed by atoms with van der Waals surface area (Å²) in [5.74, 6) is 1.72.